The SMILES string of the molecule is COc1cc(C(=O)N(C)C(C)c2ccc(-n3cncn3)cc2)cc(OC)c1OCC(N)=O. The van der Waals surface area contributed by atoms with Crippen LogP contribution < -0.4 is 19.9 Å². The fourth-order valence-corrected chi connectivity index (χ4v) is 3.14. The number of rotatable bonds is 9. The number of hydrogen-bond donors (Lipinski definition) is 1. The van der Waals surface area contributed by atoms with E-state index in [9.17, 15) is 9.59 Å². The average molecular weight is 439 g/mol. The fourth-order valence-electron chi connectivity index (χ4n) is 3.14. The van der Waals surface area contributed by atoms with E-state index in [-0.39, 0.29) is 35.8 Å². The minimum atomic E-state index is -0.641. The zero-order chi connectivity index (χ0) is 23.3. The van der Waals surface area contributed by atoms with Gasteiger partial charge in [-0.05, 0) is 36.8 Å². The second kappa shape index (κ2) is 9.82. The Balaban J connectivity index is 1.83. The van der Waals surface area contributed by atoms with E-state index in [1.807, 2.05) is 31.2 Å². The minimum absolute atomic E-state index is 0.199. The van der Waals surface area contributed by atoms with Crippen molar-refractivity contribution in [1.29, 1.82) is 0 Å². The van der Waals surface area contributed by atoms with Gasteiger partial charge in [0, 0.05) is 12.6 Å². The lowest BCUT2D eigenvalue weighted by Crippen LogP contribution is -2.29. The first-order valence-corrected chi connectivity index (χ1v) is 9.75. The van der Waals surface area contributed by atoms with Gasteiger partial charge in [-0.1, -0.05) is 12.1 Å². The van der Waals surface area contributed by atoms with Gasteiger partial charge in [0.15, 0.2) is 18.1 Å². The van der Waals surface area contributed by atoms with E-state index in [4.69, 9.17) is 19.9 Å². The molecule has 1 heterocycles. The van der Waals surface area contributed by atoms with Crippen LogP contribution in [0.15, 0.2) is 49.1 Å². The Labute approximate surface area is 185 Å². The maximum atomic E-state index is 13.2. The number of carbonyl (C=O) groups excluding carboxylic acids is 2. The summed E-state index contributed by atoms with van der Waals surface area (Å²) >= 11 is 0. The van der Waals surface area contributed by atoms with Crippen LogP contribution in [-0.4, -0.2) is 59.4 Å². The molecule has 0 bridgehead atoms. The normalized spacial score (nSPS) is 11.5. The van der Waals surface area contributed by atoms with Crippen molar-refractivity contribution in [1.82, 2.24) is 19.7 Å². The molecule has 0 radical (unpaired) electrons. The zero-order valence-corrected chi connectivity index (χ0v) is 18.3. The molecule has 0 aliphatic rings. The van der Waals surface area contributed by atoms with Crippen LogP contribution in [-0.2, 0) is 4.79 Å². The number of methoxy groups -OCH3 is 2. The molecule has 3 rings (SSSR count). The van der Waals surface area contributed by atoms with E-state index in [1.165, 1.54) is 32.7 Å². The second-order valence-electron chi connectivity index (χ2n) is 6.99. The summed E-state index contributed by atoms with van der Waals surface area (Å²) in [7, 11) is 4.58. The van der Waals surface area contributed by atoms with Crippen molar-refractivity contribution >= 4 is 11.8 Å². The highest BCUT2D eigenvalue weighted by Gasteiger charge is 2.23. The van der Waals surface area contributed by atoms with Gasteiger partial charge in [0.2, 0.25) is 5.75 Å². The van der Waals surface area contributed by atoms with Crippen LogP contribution in [0, 0.1) is 0 Å². The number of amides is 2. The van der Waals surface area contributed by atoms with Crippen LogP contribution >= 0.6 is 0 Å². The number of nitrogens with two attached hydrogens (primary N) is 1. The smallest absolute Gasteiger partial charge is 0.255 e. The number of nitrogens with zero attached hydrogens (tertiary/aromatic N) is 4. The summed E-state index contributed by atoms with van der Waals surface area (Å²) < 4.78 is 17.7. The predicted octanol–water partition coefficient (Wildman–Crippen LogP) is 1.98. The van der Waals surface area contributed by atoms with E-state index in [0.717, 1.165) is 11.3 Å². The van der Waals surface area contributed by atoms with Gasteiger partial charge in [0.05, 0.1) is 25.9 Å². The lowest BCUT2D eigenvalue weighted by atomic mass is 10.1. The van der Waals surface area contributed by atoms with Gasteiger partial charge >= 0.3 is 0 Å². The van der Waals surface area contributed by atoms with Gasteiger partial charge in [0.25, 0.3) is 11.8 Å². The summed E-state index contributed by atoms with van der Waals surface area (Å²) in [4.78, 5) is 29.8. The van der Waals surface area contributed by atoms with Crippen molar-refractivity contribution < 1.29 is 23.8 Å². The van der Waals surface area contributed by atoms with E-state index in [1.54, 1.807) is 23.0 Å². The Bertz CT molecular complexity index is 1060. The topological polar surface area (TPSA) is 122 Å². The van der Waals surface area contributed by atoms with Crippen LogP contribution in [0.4, 0.5) is 0 Å². The van der Waals surface area contributed by atoms with Crippen molar-refractivity contribution in [3.8, 4) is 22.9 Å². The van der Waals surface area contributed by atoms with Gasteiger partial charge in [-0.3, -0.25) is 9.59 Å². The lowest BCUT2D eigenvalue weighted by Gasteiger charge is -2.26. The fraction of sp³-hybridized carbons (Fsp3) is 0.273. The third kappa shape index (κ3) is 4.80. The Kier molecular flexibility index (Phi) is 6.93. The summed E-state index contributed by atoms with van der Waals surface area (Å²) in [6, 6.07) is 10.6. The van der Waals surface area contributed by atoms with E-state index in [2.05, 4.69) is 10.1 Å². The molecular formula is C22H25N5O5. The van der Waals surface area contributed by atoms with Crippen LogP contribution in [0.2, 0.25) is 0 Å². The maximum Gasteiger partial charge on any atom is 0.255 e. The number of hydrogen-bond acceptors (Lipinski definition) is 7. The molecule has 0 saturated carbocycles. The molecule has 3 aromatic rings. The molecular weight excluding hydrogens is 414 g/mol. The molecule has 2 N–H and O–H groups in total. The van der Waals surface area contributed by atoms with Crippen LogP contribution in [0.3, 0.4) is 0 Å². The second-order valence-corrected chi connectivity index (χ2v) is 6.99. The predicted molar refractivity (Wildman–Crippen MR) is 116 cm³/mol. The highest BCUT2D eigenvalue weighted by atomic mass is 16.5. The standard InChI is InChI=1S/C22H25N5O5/c1-14(15-5-7-17(8-6-15)27-13-24-12-25-27)26(2)22(29)16-9-18(30-3)21(19(10-16)31-4)32-11-20(23)28/h5-10,12-14H,11H2,1-4H3,(H2,23,28). The van der Waals surface area contributed by atoms with Gasteiger partial charge < -0.3 is 24.8 Å². The number of carbonyl (C=O) groups is 2. The molecule has 0 fully saturated rings. The number of primary amides is 1. The summed E-state index contributed by atoms with van der Waals surface area (Å²) in [5.41, 5.74) is 7.32. The van der Waals surface area contributed by atoms with Gasteiger partial charge in [-0.25, -0.2) is 9.67 Å². The highest BCUT2D eigenvalue weighted by Crippen LogP contribution is 2.39. The van der Waals surface area contributed by atoms with Crippen molar-refractivity contribution in [3.63, 3.8) is 0 Å². The third-order valence-electron chi connectivity index (χ3n) is 5.03. The Morgan fingerprint density at radius 1 is 1.12 bits per heavy atom. The van der Waals surface area contributed by atoms with Crippen molar-refractivity contribution in [2.24, 2.45) is 5.73 Å². The maximum absolute atomic E-state index is 13.2. The molecule has 1 unspecified atom stereocenters. The Morgan fingerprint density at radius 3 is 2.25 bits per heavy atom. The van der Waals surface area contributed by atoms with Gasteiger partial charge in [0.1, 0.15) is 12.7 Å². The Morgan fingerprint density at radius 2 is 1.75 bits per heavy atom. The first-order chi connectivity index (χ1) is 15.3. The first kappa shape index (κ1) is 22.6. The van der Waals surface area contributed by atoms with Crippen LogP contribution in [0.5, 0.6) is 17.2 Å². The minimum Gasteiger partial charge on any atom is -0.493 e. The molecule has 1 aromatic heterocycles. The highest BCUT2D eigenvalue weighted by molar-refractivity contribution is 5.95. The van der Waals surface area contributed by atoms with Crippen molar-refractivity contribution in [2.75, 3.05) is 27.9 Å². The summed E-state index contributed by atoms with van der Waals surface area (Å²) in [5.74, 6) is -0.169. The van der Waals surface area contributed by atoms with Crippen LogP contribution in [0.1, 0.15) is 28.9 Å². The van der Waals surface area contributed by atoms with Crippen molar-refractivity contribution in [2.45, 2.75) is 13.0 Å². The monoisotopic (exact) mass is 439 g/mol. The van der Waals surface area contributed by atoms with Crippen molar-refractivity contribution in [3.05, 3.63) is 60.2 Å². The largest absolute Gasteiger partial charge is 0.493 e. The summed E-state index contributed by atoms with van der Waals surface area (Å²) in [6.45, 7) is 1.59. The summed E-state index contributed by atoms with van der Waals surface area (Å²) in [6.07, 6.45) is 3.08. The van der Waals surface area contributed by atoms with E-state index >= 15 is 0 Å². The molecule has 32 heavy (non-hydrogen) atoms. The first-order valence-electron chi connectivity index (χ1n) is 9.75. The number of ether oxygens (including phenoxy) is 3. The molecule has 10 heteroatoms. The van der Waals surface area contributed by atoms with Gasteiger partial charge in [-0.2, -0.15) is 5.10 Å². The molecule has 1 atom stereocenters. The van der Waals surface area contributed by atoms with E-state index < -0.39 is 5.91 Å². The lowest BCUT2D eigenvalue weighted by molar-refractivity contribution is -0.120. The number of benzene rings is 2. The Hall–Kier alpha value is -4.08. The molecule has 0 saturated heterocycles. The van der Waals surface area contributed by atoms with Gasteiger partial charge in [-0.15, -0.1) is 0 Å². The van der Waals surface area contributed by atoms with Crippen LogP contribution in [0.25, 0.3) is 5.69 Å². The molecule has 168 valence electrons. The molecule has 0 aliphatic heterocycles. The molecule has 10 nitrogen and oxygen atoms in total. The summed E-state index contributed by atoms with van der Waals surface area (Å²) in [5, 5.41) is 4.11. The molecule has 0 aliphatic carbocycles. The molecule has 2 aromatic carbocycles. The van der Waals surface area contributed by atoms with E-state index in [0.29, 0.717) is 5.56 Å². The molecule has 0 spiro atoms. The molecule has 2 amide bonds. The zero-order valence-electron chi connectivity index (χ0n) is 18.3. The number of aromatic nitrogens is 3. The quantitative estimate of drug-likeness (QED) is 0.541. The average Bonchev–Trinajstić information content (AvgIpc) is 3.35. The third-order valence-corrected chi connectivity index (χ3v) is 5.03.